The SMILES string of the molecule is CCOC(=O)/C=C/CCCC(COc1ccc(OC)cc1Br)O[Si](C)(C)C(C)(C)C. The molecule has 0 aliphatic carbocycles. The van der Waals surface area contributed by atoms with Gasteiger partial charge >= 0.3 is 5.97 Å². The molecule has 7 heteroatoms. The Balaban J connectivity index is 2.74. The summed E-state index contributed by atoms with van der Waals surface area (Å²) in [4.78, 5) is 11.4. The Morgan fingerprint density at radius 1 is 1.27 bits per heavy atom. The summed E-state index contributed by atoms with van der Waals surface area (Å²) < 4.78 is 23.7. The molecule has 0 bridgehead atoms. The molecular formula is C23H37BrO5Si. The van der Waals surface area contributed by atoms with Crippen LogP contribution in [0, 0.1) is 0 Å². The van der Waals surface area contributed by atoms with Crippen LogP contribution in [0.1, 0.15) is 47.0 Å². The minimum Gasteiger partial charge on any atom is -0.497 e. The van der Waals surface area contributed by atoms with Crippen molar-refractivity contribution in [3.63, 3.8) is 0 Å². The molecule has 5 nitrogen and oxygen atoms in total. The molecule has 1 unspecified atom stereocenters. The maximum Gasteiger partial charge on any atom is 0.330 e. The zero-order valence-electron chi connectivity index (χ0n) is 19.4. The van der Waals surface area contributed by atoms with Crippen molar-refractivity contribution in [3.05, 3.63) is 34.8 Å². The largest absolute Gasteiger partial charge is 0.497 e. The van der Waals surface area contributed by atoms with E-state index in [4.69, 9.17) is 18.6 Å². The summed E-state index contributed by atoms with van der Waals surface area (Å²) in [5, 5.41) is 0.121. The van der Waals surface area contributed by atoms with E-state index in [2.05, 4.69) is 49.8 Å². The second-order valence-corrected chi connectivity index (χ2v) is 14.3. The molecule has 0 spiro atoms. The van der Waals surface area contributed by atoms with Crippen LogP contribution in [-0.4, -0.2) is 40.7 Å². The number of methoxy groups -OCH3 is 1. The molecule has 1 atom stereocenters. The van der Waals surface area contributed by atoms with E-state index < -0.39 is 8.32 Å². The summed E-state index contributed by atoms with van der Waals surface area (Å²) in [5.74, 6) is 1.25. The first kappa shape index (κ1) is 26.7. The van der Waals surface area contributed by atoms with Gasteiger partial charge in [-0.05, 0) is 78.4 Å². The third kappa shape index (κ3) is 9.23. The second-order valence-electron chi connectivity index (χ2n) is 8.69. The number of carbonyl (C=O) groups excluding carboxylic acids is 1. The van der Waals surface area contributed by atoms with E-state index in [0.717, 1.165) is 35.2 Å². The van der Waals surface area contributed by atoms with Crippen molar-refractivity contribution < 1.29 is 23.4 Å². The van der Waals surface area contributed by atoms with Crippen molar-refractivity contribution in [2.75, 3.05) is 20.3 Å². The smallest absolute Gasteiger partial charge is 0.330 e. The highest BCUT2D eigenvalue weighted by Gasteiger charge is 2.39. The Hall–Kier alpha value is -1.31. The lowest BCUT2D eigenvalue weighted by atomic mass is 10.1. The van der Waals surface area contributed by atoms with Gasteiger partial charge in [0.05, 0.1) is 24.3 Å². The average Bonchev–Trinajstić information content (AvgIpc) is 2.65. The summed E-state index contributed by atoms with van der Waals surface area (Å²) in [6.07, 6.45) is 5.90. The van der Waals surface area contributed by atoms with Gasteiger partial charge < -0.3 is 18.6 Å². The Kier molecular flexibility index (Phi) is 11.2. The van der Waals surface area contributed by atoms with Crippen molar-refractivity contribution in [2.45, 2.75) is 71.2 Å². The molecule has 0 amide bonds. The number of ether oxygens (including phenoxy) is 3. The van der Waals surface area contributed by atoms with Crippen LogP contribution >= 0.6 is 15.9 Å². The highest BCUT2D eigenvalue weighted by Crippen LogP contribution is 2.38. The molecule has 0 radical (unpaired) electrons. The molecule has 1 aromatic rings. The van der Waals surface area contributed by atoms with Gasteiger partial charge in [0.1, 0.15) is 18.1 Å². The highest BCUT2D eigenvalue weighted by molar-refractivity contribution is 9.10. The number of allylic oxidation sites excluding steroid dienone is 1. The molecule has 0 fully saturated rings. The van der Waals surface area contributed by atoms with Crippen LogP contribution in [-0.2, 0) is 14.0 Å². The number of esters is 1. The van der Waals surface area contributed by atoms with Gasteiger partial charge in [0, 0.05) is 6.08 Å². The predicted molar refractivity (Wildman–Crippen MR) is 128 cm³/mol. The fourth-order valence-electron chi connectivity index (χ4n) is 2.51. The molecule has 0 aliphatic rings. The molecule has 0 saturated carbocycles. The van der Waals surface area contributed by atoms with Gasteiger partial charge in [0.15, 0.2) is 8.32 Å². The van der Waals surface area contributed by atoms with E-state index in [1.807, 2.05) is 24.3 Å². The van der Waals surface area contributed by atoms with Gasteiger partial charge in [-0.2, -0.15) is 0 Å². The summed E-state index contributed by atoms with van der Waals surface area (Å²) >= 11 is 3.54. The number of hydrogen-bond donors (Lipinski definition) is 0. The normalized spacial score (nSPS) is 13.3. The molecule has 0 N–H and O–H groups in total. The molecule has 170 valence electrons. The Morgan fingerprint density at radius 2 is 1.97 bits per heavy atom. The molecule has 0 heterocycles. The predicted octanol–water partition coefficient (Wildman–Crippen LogP) is 6.52. The van der Waals surface area contributed by atoms with E-state index in [0.29, 0.717) is 13.2 Å². The number of hydrogen-bond acceptors (Lipinski definition) is 5. The second kappa shape index (κ2) is 12.5. The number of carbonyl (C=O) groups is 1. The lowest BCUT2D eigenvalue weighted by Crippen LogP contribution is -2.45. The number of halogens is 1. The summed E-state index contributed by atoms with van der Waals surface area (Å²) in [6, 6.07) is 5.66. The first-order valence-electron chi connectivity index (χ1n) is 10.5. The quantitative estimate of drug-likeness (QED) is 0.141. The Bertz CT molecular complexity index is 697. The lowest BCUT2D eigenvalue weighted by molar-refractivity contribution is -0.137. The van der Waals surface area contributed by atoms with E-state index in [-0.39, 0.29) is 17.1 Å². The summed E-state index contributed by atoms with van der Waals surface area (Å²) in [5.41, 5.74) is 0. The van der Waals surface area contributed by atoms with Crippen LogP contribution in [0.2, 0.25) is 18.1 Å². The summed E-state index contributed by atoms with van der Waals surface area (Å²) in [6.45, 7) is 13.9. The van der Waals surface area contributed by atoms with Gasteiger partial charge in [0.25, 0.3) is 0 Å². The van der Waals surface area contributed by atoms with Crippen LogP contribution in [0.3, 0.4) is 0 Å². The molecule has 0 saturated heterocycles. The molecule has 0 aliphatic heterocycles. The zero-order chi connectivity index (χ0) is 22.8. The molecule has 1 aromatic carbocycles. The van der Waals surface area contributed by atoms with Gasteiger partial charge in [0.2, 0.25) is 0 Å². The lowest BCUT2D eigenvalue weighted by Gasteiger charge is -2.39. The number of benzene rings is 1. The molecule has 1 rings (SSSR count). The third-order valence-corrected chi connectivity index (χ3v) is 10.4. The molecule has 30 heavy (non-hydrogen) atoms. The number of rotatable bonds is 12. The van der Waals surface area contributed by atoms with Gasteiger partial charge in [-0.3, -0.25) is 0 Å². The van der Waals surface area contributed by atoms with Crippen molar-refractivity contribution in [1.29, 1.82) is 0 Å². The Labute approximate surface area is 191 Å². The van der Waals surface area contributed by atoms with Crippen molar-refractivity contribution in [2.24, 2.45) is 0 Å². The van der Waals surface area contributed by atoms with Crippen LogP contribution in [0.4, 0.5) is 0 Å². The fraction of sp³-hybridized carbons (Fsp3) is 0.609. The number of unbranched alkanes of at least 4 members (excludes halogenated alkanes) is 1. The van der Waals surface area contributed by atoms with Gasteiger partial charge in [-0.1, -0.05) is 26.8 Å². The minimum atomic E-state index is -1.94. The van der Waals surface area contributed by atoms with Gasteiger partial charge in [-0.15, -0.1) is 0 Å². The van der Waals surface area contributed by atoms with E-state index in [1.54, 1.807) is 14.0 Å². The third-order valence-electron chi connectivity index (χ3n) is 5.27. The topological polar surface area (TPSA) is 54.0 Å². The van der Waals surface area contributed by atoms with Crippen LogP contribution < -0.4 is 9.47 Å². The minimum absolute atomic E-state index is 0.0177. The first-order chi connectivity index (χ1) is 14.0. The maximum atomic E-state index is 11.4. The van der Waals surface area contributed by atoms with Crippen LogP contribution in [0.25, 0.3) is 0 Å². The van der Waals surface area contributed by atoms with Crippen molar-refractivity contribution in [3.8, 4) is 11.5 Å². The highest BCUT2D eigenvalue weighted by atomic mass is 79.9. The first-order valence-corrected chi connectivity index (χ1v) is 14.2. The van der Waals surface area contributed by atoms with Crippen molar-refractivity contribution >= 4 is 30.2 Å². The maximum absolute atomic E-state index is 11.4. The monoisotopic (exact) mass is 500 g/mol. The standard InChI is InChI=1S/C23H37BrO5Si/c1-8-27-22(25)13-11-9-10-12-19(29-30(6,7)23(2,3)4)17-28-21-15-14-18(26-5)16-20(21)24/h11,13-16,19H,8-10,12,17H2,1-7H3/b13-11+. The van der Waals surface area contributed by atoms with E-state index >= 15 is 0 Å². The van der Waals surface area contributed by atoms with E-state index in [9.17, 15) is 4.79 Å². The molecular weight excluding hydrogens is 464 g/mol. The Morgan fingerprint density at radius 3 is 2.53 bits per heavy atom. The fourth-order valence-corrected chi connectivity index (χ4v) is 4.36. The average molecular weight is 502 g/mol. The van der Waals surface area contributed by atoms with Crippen LogP contribution in [0.15, 0.2) is 34.8 Å². The molecule has 0 aromatic heterocycles. The van der Waals surface area contributed by atoms with Gasteiger partial charge in [-0.25, -0.2) is 4.79 Å². The zero-order valence-corrected chi connectivity index (χ0v) is 22.0. The van der Waals surface area contributed by atoms with Crippen molar-refractivity contribution in [1.82, 2.24) is 0 Å². The summed E-state index contributed by atoms with van der Waals surface area (Å²) in [7, 11) is -0.295. The van der Waals surface area contributed by atoms with E-state index in [1.165, 1.54) is 6.08 Å². The van der Waals surface area contributed by atoms with Crippen LogP contribution in [0.5, 0.6) is 11.5 Å².